The summed E-state index contributed by atoms with van der Waals surface area (Å²) in [4.78, 5) is 8.35. The molecule has 3 aromatic heterocycles. The SMILES string of the molecule is COc1ccc(-n2c(Sc3ccc(Cl)c(C#N)n3)nnc2-c2ccncc2)cc1. The molecule has 0 N–H and O–H groups in total. The number of aromatic nitrogens is 5. The summed E-state index contributed by atoms with van der Waals surface area (Å²) in [5.41, 5.74) is 1.90. The van der Waals surface area contributed by atoms with Gasteiger partial charge in [0, 0.05) is 18.0 Å². The lowest BCUT2D eigenvalue weighted by Crippen LogP contribution is -2.00. The number of nitrogens with zero attached hydrogens (tertiary/aromatic N) is 6. The summed E-state index contributed by atoms with van der Waals surface area (Å²) >= 11 is 7.29. The molecule has 0 atom stereocenters. The molecule has 1 aromatic carbocycles. The van der Waals surface area contributed by atoms with E-state index < -0.39 is 0 Å². The first kappa shape index (κ1) is 18.9. The standard InChI is InChI=1S/C20H13ClN6OS/c1-28-15-4-2-14(3-5-15)27-19(13-8-10-23-11-9-13)25-26-20(27)29-18-7-6-16(21)17(12-22)24-18/h2-11H,1H3. The molecule has 0 fully saturated rings. The number of methoxy groups -OCH3 is 1. The van der Waals surface area contributed by atoms with E-state index in [-0.39, 0.29) is 5.69 Å². The molecular formula is C20H13ClN6OS. The summed E-state index contributed by atoms with van der Waals surface area (Å²) in [6.07, 6.45) is 3.41. The Balaban J connectivity index is 1.81. The fourth-order valence-corrected chi connectivity index (χ4v) is 3.61. The quantitative estimate of drug-likeness (QED) is 0.472. The summed E-state index contributed by atoms with van der Waals surface area (Å²) in [5.74, 6) is 1.41. The van der Waals surface area contributed by atoms with E-state index in [1.807, 2.05) is 47.0 Å². The minimum Gasteiger partial charge on any atom is -0.497 e. The molecule has 0 saturated heterocycles. The zero-order chi connectivity index (χ0) is 20.2. The third kappa shape index (κ3) is 3.92. The maximum absolute atomic E-state index is 9.19. The van der Waals surface area contributed by atoms with Gasteiger partial charge < -0.3 is 4.74 Å². The highest BCUT2D eigenvalue weighted by Gasteiger charge is 2.18. The summed E-state index contributed by atoms with van der Waals surface area (Å²) in [7, 11) is 1.62. The predicted molar refractivity (Wildman–Crippen MR) is 109 cm³/mol. The Kier molecular flexibility index (Phi) is 5.42. The molecule has 3 heterocycles. The molecule has 0 unspecified atom stereocenters. The molecule has 29 heavy (non-hydrogen) atoms. The van der Waals surface area contributed by atoms with Gasteiger partial charge >= 0.3 is 0 Å². The topological polar surface area (TPSA) is 89.5 Å². The maximum atomic E-state index is 9.19. The van der Waals surface area contributed by atoms with E-state index in [4.69, 9.17) is 16.3 Å². The van der Waals surface area contributed by atoms with Gasteiger partial charge in [0.15, 0.2) is 11.5 Å². The molecule has 0 aliphatic rings. The predicted octanol–water partition coefficient (Wildman–Crippen LogP) is 4.41. The van der Waals surface area contributed by atoms with Crippen LogP contribution in [-0.4, -0.2) is 31.8 Å². The first-order valence-electron chi connectivity index (χ1n) is 8.44. The molecule has 0 bridgehead atoms. The van der Waals surface area contributed by atoms with Gasteiger partial charge in [-0.15, -0.1) is 10.2 Å². The molecule has 0 aliphatic heterocycles. The van der Waals surface area contributed by atoms with Crippen LogP contribution in [0.25, 0.3) is 17.1 Å². The molecule has 0 spiro atoms. The maximum Gasteiger partial charge on any atom is 0.202 e. The van der Waals surface area contributed by atoms with E-state index in [1.165, 1.54) is 11.8 Å². The Labute approximate surface area is 176 Å². The van der Waals surface area contributed by atoms with Crippen molar-refractivity contribution in [2.24, 2.45) is 0 Å². The average molecular weight is 421 g/mol. The largest absolute Gasteiger partial charge is 0.497 e. The van der Waals surface area contributed by atoms with Crippen LogP contribution in [0, 0.1) is 11.3 Å². The molecular weight excluding hydrogens is 408 g/mol. The first-order chi connectivity index (χ1) is 14.2. The summed E-state index contributed by atoms with van der Waals surface area (Å²) in [5, 5.41) is 19.4. The van der Waals surface area contributed by atoms with E-state index in [0.29, 0.717) is 21.0 Å². The van der Waals surface area contributed by atoms with Crippen LogP contribution >= 0.6 is 23.4 Å². The number of pyridine rings is 2. The highest BCUT2D eigenvalue weighted by atomic mass is 35.5. The number of hydrogen-bond acceptors (Lipinski definition) is 7. The third-order valence-corrected chi connectivity index (χ3v) is 5.21. The van der Waals surface area contributed by atoms with Crippen molar-refractivity contribution in [2.75, 3.05) is 7.11 Å². The van der Waals surface area contributed by atoms with Gasteiger partial charge in [0.05, 0.1) is 17.8 Å². The van der Waals surface area contributed by atoms with Crippen molar-refractivity contribution in [3.05, 3.63) is 71.6 Å². The lowest BCUT2D eigenvalue weighted by molar-refractivity contribution is 0.414. The lowest BCUT2D eigenvalue weighted by atomic mass is 10.2. The second kappa shape index (κ2) is 8.31. The Morgan fingerprint density at radius 1 is 1.03 bits per heavy atom. The van der Waals surface area contributed by atoms with Crippen LogP contribution in [0.3, 0.4) is 0 Å². The van der Waals surface area contributed by atoms with Gasteiger partial charge in [-0.1, -0.05) is 11.6 Å². The molecule has 4 aromatic rings. The molecule has 4 rings (SSSR count). The smallest absolute Gasteiger partial charge is 0.202 e. The number of nitriles is 1. The van der Waals surface area contributed by atoms with Crippen LogP contribution in [0.15, 0.2) is 71.1 Å². The van der Waals surface area contributed by atoms with Crippen molar-refractivity contribution in [3.8, 4) is 28.9 Å². The first-order valence-corrected chi connectivity index (χ1v) is 9.64. The monoisotopic (exact) mass is 420 g/mol. The molecule has 0 amide bonds. The molecule has 0 saturated carbocycles. The van der Waals surface area contributed by atoms with Crippen molar-refractivity contribution in [3.63, 3.8) is 0 Å². The summed E-state index contributed by atoms with van der Waals surface area (Å²) < 4.78 is 7.18. The number of benzene rings is 1. The van der Waals surface area contributed by atoms with Crippen LogP contribution in [0.2, 0.25) is 5.02 Å². The second-order valence-corrected chi connectivity index (χ2v) is 7.16. The lowest BCUT2D eigenvalue weighted by Gasteiger charge is -2.11. The van der Waals surface area contributed by atoms with Crippen molar-refractivity contribution in [1.82, 2.24) is 24.7 Å². The van der Waals surface area contributed by atoms with Crippen molar-refractivity contribution < 1.29 is 4.74 Å². The Bertz CT molecular complexity index is 1190. The molecule has 9 heteroatoms. The van der Waals surface area contributed by atoms with Crippen LogP contribution < -0.4 is 4.74 Å². The molecule has 0 radical (unpaired) electrons. The van der Waals surface area contributed by atoms with Crippen molar-refractivity contribution in [2.45, 2.75) is 10.2 Å². The Hall–Kier alpha value is -3.41. The van der Waals surface area contributed by atoms with Gasteiger partial charge in [-0.3, -0.25) is 9.55 Å². The van der Waals surface area contributed by atoms with Gasteiger partial charge in [0.1, 0.15) is 16.8 Å². The zero-order valence-electron chi connectivity index (χ0n) is 15.2. The van der Waals surface area contributed by atoms with Gasteiger partial charge in [-0.2, -0.15) is 5.26 Å². The third-order valence-electron chi connectivity index (χ3n) is 4.02. The van der Waals surface area contributed by atoms with E-state index >= 15 is 0 Å². The number of hydrogen-bond donors (Lipinski definition) is 0. The van der Waals surface area contributed by atoms with Gasteiger partial charge in [-0.25, -0.2) is 4.98 Å². The van der Waals surface area contributed by atoms with Gasteiger partial charge in [0.2, 0.25) is 5.16 Å². The van der Waals surface area contributed by atoms with Crippen molar-refractivity contribution >= 4 is 23.4 Å². The Morgan fingerprint density at radius 2 is 1.79 bits per heavy atom. The Morgan fingerprint density at radius 3 is 2.48 bits per heavy atom. The van der Waals surface area contributed by atoms with Gasteiger partial charge in [0.25, 0.3) is 0 Å². The number of rotatable bonds is 5. The van der Waals surface area contributed by atoms with Crippen LogP contribution in [0.4, 0.5) is 0 Å². The van der Waals surface area contributed by atoms with Crippen LogP contribution in [0.1, 0.15) is 5.69 Å². The van der Waals surface area contributed by atoms with Crippen LogP contribution in [0.5, 0.6) is 5.75 Å². The minimum absolute atomic E-state index is 0.168. The normalized spacial score (nSPS) is 10.5. The summed E-state index contributed by atoms with van der Waals surface area (Å²) in [6, 6.07) is 16.7. The van der Waals surface area contributed by atoms with Gasteiger partial charge in [-0.05, 0) is 60.3 Å². The summed E-state index contributed by atoms with van der Waals surface area (Å²) in [6.45, 7) is 0. The van der Waals surface area contributed by atoms with E-state index in [2.05, 4.69) is 20.2 Å². The zero-order valence-corrected chi connectivity index (χ0v) is 16.7. The number of halogens is 1. The average Bonchev–Trinajstić information content (AvgIpc) is 3.19. The van der Waals surface area contributed by atoms with E-state index in [0.717, 1.165) is 17.0 Å². The highest BCUT2D eigenvalue weighted by molar-refractivity contribution is 7.99. The fraction of sp³-hybridized carbons (Fsp3) is 0.0500. The van der Waals surface area contributed by atoms with E-state index in [1.54, 1.807) is 31.6 Å². The highest BCUT2D eigenvalue weighted by Crippen LogP contribution is 2.32. The fourth-order valence-electron chi connectivity index (χ4n) is 2.64. The molecule has 142 valence electrons. The number of ether oxygens (including phenoxy) is 1. The molecule has 0 aliphatic carbocycles. The minimum atomic E-state index is 0.168. The van der Waals surface area contributed by atoms with Crippen LogP contribution in [-0.2, 0) is 0 Å². The van der Waals surface area contributed by atoms with E-state index in [9.17, 15) is 5.26 Å². The molecule has 7 nitrogen and oxygen atoms in total. The van der Waals surface area contributed by atoms with Crippen molar-refractivity contribution in [1.29, 1.82) is 5.26 Å². The second-order valence-electron chi connectivity index (χ2n) is 5.77.